The van der Waals surface area contributed by atoms with E-state index in [1.807, 2.05) is 24.1 Å². The van der Waals surface area contributed by atoms with Crippen LogP contribution in [0, 0.1) is 0 Å². The third kappa shape index (κ3) is 4.64. The van der Waals surface area contributed by atoms with Gasteiger partial charge in [-0.2, -0.15) is 0 Å². The predicted molar refractivity (Wildman–Crippen MR) is 90.2 cm³/mol. The van der Waals surface area contributed by atoms with Gasteiger partial charge in [0.15, 0.2) is 0 Å². The molecule has 3 rings (SSSR count). The maximum Gasteiger partial charge on any atom is 0.115 e. The zero-order valence-electron chi connectivity index (χ0n) is 12.0. The minimum atomic E-state index is 0.329. The third-order valence-corrected chi connectivity index (χ3v) is 5.28. The maximum atomic E-state index is 9.31. The minimum absolute atomic E-state index is 0.329. The van der Waals surface area contributed by atoms with Crippen LogP contribution in [-0.4, -0.2) is 47.8 Å². The van der Waals surface area contributed by atoms with Crippen molar-refractivity contribution in [1.82, 2.24) is 4.31 Å². The number of piperazine rings is 1. The molecule has 0 spiro atoms. The summed E-state index contributed by atoms with van der Waals surface area (Å²) in [6.07, 6.45) is 0. The van der Waals surface area contributed by atoms with Crippen molar-refractivity contribution >= 4 is 29.0 Å². The summed E-state index contributed by atoms with van der Waals surface area (Å²) in [5, 5.41) is 18.4. The second-order valence-electron chi connectivity index (χ2n) is 4.46. The number of aliphatic hydroxyl groups excluding tert-OH is 1. The fourth-order valence-corrected chi connectivity index (χ4v) is 3.99. The largest absolute Gasteiger partial charge is 0.508 e. The normalized spacial score (nSPS) is 15.4. The summed E-state index contributed by atoms with van der Waals surface area (Å²) in [5.74, 6) is 0.329. The first kappa shape index (κ1) is 16.2. The molecule has 0 bridgehead atoms. The second kappa shape index (κ2) is 8.29. The van der Waals surface area contributed by atoms with Crippen LogP contribution in [-0.2, 0) is 0 Å². The van der Waals surface area contributed by atoms with Crippen LogP contribution < -0.4 is 4.90 Å². The zero-order chi connectivity index (χ0) is 15.1. The van der Waals surface area contributed by atoms with Crippen LogP contribution in [0.5, 0.6) is 5.75 Å². The van der Waals surface area contributed by atoms with Gasteiger partial charge in [0.05, 0.1) is 4.21 Å². The summed E-state index contributed by atoms with van der Waals surface area (Å²) >= 11 is 3.65. The van der Waals surface area contributed by atoms with E-state index < -0.39 is 0 Å². The molecule has 0 aliphatic carbocycles. The van der Waals surface area contributed by atoms with Gasteiger partial charge >= 0.3 is 0 Å². The summed E-state index contributed by atoms with van der Waals surface area (Å²) in [7, 11) is 1.00. The highest BCUT2D eigenvalue weighted by Crippen LogP contribution is 2.29. The van der Waals surface area contributed by atoms with Crippen LogP contribution in [0.4, 0.5) is 5.69 Å². The van der Waals surface area contributed by atoms with Crippen molar-refractivity contribution in [2.45, 2.75) is 4.21 Å². The highest BCUT2D eigenvalue weighted by molar-refractivity contribution is 7.98. The maximum absolute atomic E-state index is 9.31. The Labute approximate surface area is 133 Å². The fourth-order valence-electron chi connectivity index (χ4n) is 2.14. The van der Waals surface area contributed by atoms with Gasteiger partial charge in [-0.15, -0.1) is 11.3 Å². The number of hydrogen-bond donors (Lipinski definition) is 2. The topological polar surface area (TPSA) is 46.9 Å². The summed E-state index contributed by atoms with van der Waals surface area (Å²) in [6.45, 7) is 4.18. The second-order valence-corrected chi connectivity index (χ2v) is 6.80. The third-order valence-electron chi connectivity index (χ3n) is 3.17. The minimum Gasteiger partial charge on any atom is -0.508 e. The van der Waals surface area contributed by atoms with Gasteiger partial charge in [-0.25, -0.2) is 4.31 Å². The Kier molecular flexibility index (Phi) is 6.38. The van der Waals surface area contributed by atoms with Gasteiger partial charge in [0, 0.05) is 39.0 Å². The molecule has 1 aromatic heterocycles. The number of rotatable bonds is 3. The van der Waals surface area contributed by atoms with Crippen LogP contribution in [0.2, 0.25) is 0 Å². The lowest BCUT2D eigenvalue weighted by molar-refractivity contribution is 0.399. The van der Waals surface area contributed by atoms with Gasteiger partial charge in [-0.05, 0) is 47.7 Å². The van der Waals surface area contributed by atoms with Crippen molar-refractivity contribution in [3.8, 4) is 5.75 Å². The molecule has 0 saturated carbocycles. The van der Waals surface area contributed by atoms with Crippen LogP contribution in [0.25, 0.3) is 0 Å². The summed E-state index contributed by atoms with van der Waals surface area (Å²) in [6, 6.07) is 11.7. The number of hydrogen-bond acceptors (Lipinski definition) is 6. The predicted octanol–water partition coefficient (Wildman–Crippen LogP) is 2.89. The molecule has 1 aliphatic rings. The van der Waals surface area contributed by atoms with Crippen molar-refractivity contribution in [3.05, 3.63) is 41.8 Å². The Morgan fingerprint density at radius 2 is 1.67 bits per heavy atom. The average molecular weight is 324 g/mol. The van der Waals surface area contributed by atoms with Gasteiger partial charge in [0.2, 0.25) is 0 Å². The first-order valence-corrected chi connectivity index (χ1v) is 8.42. The quantitative estimate of drug-likeness (QED) is 0.850. The van der Waals surface area contributed by atoms with Crippen molar-refractivity contribution in [3.63, 3.8) is 0 Å². The van der Waals surface area contributed by atoms with E-state index in [1.165, 1.54) is 9.90 Å². The van der Waals surface area contributed by atoms with E-state index in [0.29, 0.717) is 5.75 Å². The molecule has 21 heavy (non-hydrogen) atoms. The highest BCUT2D eigenvalue weighted by Gasteiger charge is 2.18. The average Bonchev–Trinajstić information content (AvgIpc) is 3.04. The van der Waals surface area contributed by atoms with Crippen LogP contribution >= 0.6 is 23.3 Å². The molecule has 6 heteroatoms. The van der Waals surface area contributed by atoms with Crippen molar-refractivity contribution in [2.75, 3.05) is 38.2 Å². The Bertz CT molecular complexity index is 509. The molecule has 1 saturated heterocycles. The van der Waals surface area contributed by atoms with E-state index in [-0.39, 0.29) is 0 Å². The summed E-state index contributed by atoms with van der Waals surface area (Å²) < 4.78 is 3.78. The molecular weight excluding hydrogens is 304 g/mol. The number of benzene rings is 1. The molecule has 0 radical (unpaired) electrons. The Morgan fingerprint density at radius 3 is 2.24 bits per heavy atom. The zero-order valence-corrected chi connectivity index (χ0v) is 13.6. The van der Waals surface area contributed by atoms with Gasteiger partial charge in [-0.1, -0.05) is 6.07 Å². The number of nitrogens with zero attached hydrogens (tertiary/aromatic N) is 2. The van der Waals surface area contributed by atoms with Gasteiger partial charge < -0.3 is 15.1 Å². The van der Waals surface area contributed by atoms with E-state index in [9.17, 15) is 5.11 Å². The summed E-state index contributed by atoms with van der Waals surface area (Å²) in [4.78, 5) is 2.37. The van der Waals surface area contributed by atoms with Crippen LogP contribution in [0.15, 0.2) is 46.0 Å². The molecule has 2 aromatic rings. The van der Waals surface area contributed by atoms with Crippen molar-refractivity contribution in [2.24, 2.45) is 0 Å². The van der Waals surface area contributed by atoms with E-state index in [2.05, 4.69) is 26.7 Å². The van der Waals surface area contributed by atoms with Crippen molar-refractivity contribution in [1.29, 1.82) is 0 Å². The van der Waals surface area contributed by atoms with Crippen molar-refractivity contribution < 1.29 is 10.2 Å². The lowest BCUT2D eigenvalue weighted by Gasteiger charge is -2.35. The molecule has 1 aromatic carbocycles. The number of aliphatic hydroxyl groups is 1. The Morgan fingerprint density at radius 1 is 1.00 bits per heavy atom. The molecule has 0 amide bonds. The first-order chi connectivity index (χ1) is 10.3. The lowest BCUT2D eigenvalue weighted by Crippen LogP contribution is -2.43. The number of aromatic hydroxyl groups is 1. The Balaban J connectivity index is 0.000000774. The summed E-state index contributed by atoms with van der Waals surface area (Å²) in [5.41, 5.74) is 1.19. The van der Waals surface area contributed by atoms with E-state index in [1.54, 1.807) is 23.5 Å². The molecule has 0 atom stereocenters. The first-order valence-electron chi connectivity index (χ1n) is 6.76. The van der Waals surface area contributed by atoms with E-state index in [4.69, 9.17) is 5.11 Å². The SMILES string of the molecule is CO.Oc1ccc(N2CCN(Sc3cccs3)CC2)cc1. The van der Waals surface area contributed by atoms with Gasteiger partial charge in [0.25, 0.3) is 0 Å². The lowest BCUT2D eigenvalue weighted by atomic mass is 10.2. The number of phenols is 1. The van der Waals surface area contributed by atoms with Crippen LogP contribution in [0.1, 0.15) is 0 Å². The van der Waals surface area contributed by atoms with Crippen LogP contribution in [0.3, 0.4) is 0 Å². The number of phenolic OH excluding ortho intramolecular Hbond substituents is 1. The highest BCUT2D eigenvalue weighted by atomic mass is 32.2. The van der Waals surface area contributed by atoms with E-state index in [0.717, 1.165) is 33.3 Å². The molecule has 0 unspecified atom stereocenters. The molecule has 1 fully saturated rings. The molecule has 2 heterocycles. The Hall–Kier alpha value is -1.21. The van der Waals surface area contributed by atoms with E-state index >= 15 is 0 Å². The molecule has 1 aliphatic heterocycles. The molecular formula is C15H20N2O2S2. The molecule has 4 nitrogen and oxygen atoms in total. The number of anilines is 1. The standard InChI is InChI=1S/C14H16N2OS2.CH4O/c17-13-5-3-12(4-6-13)15-7-9-16(10-8-15)19-14-2-1-11-18-14;1-2/h1-6,11,17H,7-10H2;2H,1H3. The monoisotopic (exact) mass is 324 g/mol. The molecule has 2 N–H and O–H groups in total. The molecule has 114 valence electrons. The smallest absolute Gasteiger partial charge is 0.115 e. The number of thiophene rings is 1. The fraction of sp³-hybridized carbons (Fsp3) is 0.333. The van der Waals surface area contributed by atoms with Gasteiger partial charge in [-0.3, -0.25) is 0 Å². The van der Waals surface area contributed by atoms with Gasteiger partial charge in [0.1, 0.15) is 5.75 Å².